The first-order chi connectivity index (χ1) is 10.4. The highest BCUT2D eigenvalue weighted by atomic mass is 35.5. The summed E-state index contributed by atoms with van der Waals surface area (Å²) in [5.41, 5.74) is 0.840. The molecule has 2 rings (SSSR count). The first-order valence-electron chi connectivity index (χ1n) is 6.55. The summed E-state index contributed by atoms with van der Waals surface area (Å²) < 4.78 is 26.5. The maximum absolute atomic E-state index is 13.7. The van der Waals surface area contributed by atoms with Crippen molar-refractivity contribution in [1.29, 1.82) is 0 Å². The minimum Gasteiger partial charge on any atom is -0.349 e. The third-order valence-electron chi connectivity index (χ3n) is 3.17. The molecular weight excluding hydrogens is 331 g/mol. The van der Waals surface area contributed by atoms with Gasteiger partial charge in [0.15, 0.2) is 0 Å². The molecule has 116 valence electrons. The van der Waals surface area contributed by atoms with Crippen molar-refractivity contribution in [3.8, 4) is 0 Å². The second-order valence-corrected chi connectivity index (χ2v) is 5.71. The van der Waals surface area contributed by atoms with E-state index in [0.29, 0.717) is 15.6 Å². The van der Waals surface area contributed by atoms with E-state index < -0.39 is 17.7 Å². The van der Waals surface area contributed by atoms with E-state index in [1.165, 1.54) is 6.07 Å². The van der Waals surface area contributed by atoms with Crippen LogP contribution in [0.25, 0.3) is 0 Å². The quantitative estimate of drug-likeness (QED) is 0.857. The molecule has 0 spiro atoms. The number of benzene rings is 2. The minimum absolute atomic E-state index is 0.0448. The highest BCUT2D eigenvalue weighted by molar-refractivity contribution is 6.35. The lowest BCUT2D eigenvalue weighted by Gasteiger charge is -2.15. The number of rotatable bonds is 4. The standard InChI is InChI=1S/C16H13Cl2F2NO/c1-9(13-5-4-12(19)8-15(13)20)21-16(22)6-10-2-3-11(17)7-14(10)18/h2-5,7-9H,6H2,1H3,(H,21,22)/t9-/m1/s1. The van der Waals surface area contributed by atoms with Crippen LogP contribution in [0.2, 0.25) is 10.0 Å². The van der Waals surface area contributed by atoms with Gasteiger partial charge in [-0.1, -0.05) is 35.3 Å². The Bertz CT molecular complexity index is 707. The topological polar surface area (TPSA) is 29.1 Å². The van der Waals surface area contributed by atoms with Crippen molar-refractivity contribution in [3.63, 3.8) is 0 Å². The van der Waals surface area contributed by atoms with E-state index in [2.05, 4.69) is 5.32 Å². The van der Waals surface area contributed by atoms with Crippen molar-refractivity contribution in [2.45, 2.75) is 19.4 Å². The van der Waals surface area contributed by atoms with E-state index in [-0.39, 0.29) is 17.9 Å². The number of nitrogens with one attached hydrogen (secondary N) is 1. The zero-order valence-corrected chi connectivity index (χ0v) is 13.2. The zero-order valence-electron chi connectivity index (χ0n) is 11.7. The summed E-state index contributed by atoms with van der Waals surface area (Å²) in [6.45, 7) is 1.62. The Balaban J connectivity index is 2.05. The van der Waals surface area contributed by atoms with E-state index in [0.717, 1.165) is 12.1 Å². The first-order valence-corrected chi connectivity index (χ1v) is 7.30. The Morgan fingerprint density at radius 2 is 1.91 bits per heavy atom. The summed E-state index contributed by atoms with van der Waals surface area (Å²) in [6, 6.07) is 7.51. The van der Waals surface area contributed by atoms with Crippen molar-refractivity contribution >= 4 is 29.1 Å². The zero-order chi connectivity index (χ0) is 16.3. The molecule has 6 heteroatoms. The van der Waals surface area contributed by atoms with Gasteiger partial charge in [0, 0.05) is 21.7 Å². The molecule has 1 amide bonds. The molecule has 0 fully saturated rings. The summed E-state index contributed by atoms with van der Waals surface area (Å²) in [5, 5.41) is 3.53. The molecule has 22 heavy (non-hydrogen) atoms. The van der Waals surface area contributed by atoms with E-state index >= 15 is 0 Å². The average Bonchev–Trinajstić information content (AvgIpc) is 2.41. The Morgan fingerprint density at radius 1 is 1.18 bits per heavy atom. The number of hydrogen-bond donors (Lipinski definition) is 1. The summed E-state index contributed by atoms with van der Waals surface area (Å²) in [7, 11) is 0. The van der Waals surface area contributed by atoms with Gasteiger partial charge in [0.2, 0.25) is 5.91 Å². The molecule has 0 unspecified atom stereocenters. The van der Waals surface area contributed by atoms with E-state index in [1.54, 1.807) is 25.1 Å². The Labute approximate surface area is 137 Å². The van der Waals surface area contributed by atoms with Crippen LogP contribution >= 0.6 is 23.2 Å². The Morgan fingerprint density at radius 3 is 2.55 bits per heavy atom. The normalized spacial score (nSPS) is 12.0. The van der Waals surface area contributed by atoms with Crippen molar-refractivity contribution in [2.24, 2.45) is 0 Å². The first kappa shape index (κ1) is 16.7. The van der Waals surface area contributed by atoms with Crippen molar-refractivity contribution in [3.05, 3.63) is 69.2 Å². The maximum atomic E-state index is 13.7. The summed E-state index contributed by atoms with van der Waals surface area (Å²) in [4.78, 5) is 12.0. The molecule has 0 bridgehead atoms. The molecule has 2 aromatic carbocycles. The molecule has 0 aliphatic rings. The third kappa shape index (κ3) is 4.18. The number of halogens is 4. The lowest BCUT2D eigenvalue weighted by molar-refractivity contribution is -0.121. The summed E-state index contributed by atoms with van der Waals surface area (Å²) in [6.07, 6.45) is 0.0448. The van der Waals surface area contributed by atoms with Gasteiger partial charge in [-0.2, -0.15) is 0 Å². The molecule has 2 aromatic rings. The van der Waals surface area contributed by atoms with Crippen LogP contribution in [0.15, 0.2) is 36.4 Å². The fourth-order valence-corrected chi connectivity index (χ4v) is 2.54. The van der Waals surface area contributed by atoms with Gasteiger partial charge < -0.3 is 5.32 Å². The van der Waals surface area contributed by atoms with Crippen LogP contribution < -0.4 is 5.32 Å². The van der Waals surface area contributed by atoms with Crippen LogP contribution in [0, 0.1) is 11.6 Å². The molecule has 1 atom stereocenters. The van der Waals surface area contributed by atoms with Gasteiger partial charge in [0.05, 0.1) is 12.5 Å². The Kier molecular flexibility index (Phi) is 5.37. The van der Waals surface area contributed by atoms with Crippen molar-refractivity contribution < 1.29 is 13.6 Å². The third-order valence-corrected chi connectivity index (χ3v) is 3.76. The fraction of sp³-hybridized carbons (Fsp3) is 0.188. The molecule has 0 aromatic heterocycles. The number of hydrogen-bond acceptors (Lipinski definition) is 1. The second kappa shape index (κ2) is 7.07. The smallest absolute Gasteiger partial charge is 0.224 e. The molecule has 0 aliphatic heterocycles. The lowest BCUT2D eigenvalue weighted by atomic mass is 10.1. The van der Waals surface area contributed by atoms with Crippen LogP contribution in [0.4, 0.5) is 8.78 Å². The van der Waals surface area contributed by atoms with Gasteiger partial charge in [0.25, 0.3) is 0 Å². The average molecular weight is 344 g/mol. The number of amides is 1. The molecule has 0 saturated carbocycles. The van der Waals surface area contributed by atoms with Gasteiger partial charge in [-0.25, -0.2) is 8.78 Å². The molecule has 0 aliphatic carbocycles. The molecule has 0 saturated heterocycles. The van der Waals surface area contributed by atoms with E-state index in [1.807, 2.05) is 0 Å². The van der Waals surface area contributed by atoms with Gasteiger partial charge in [0.1, 0.15) is 11.6 Å². The van der Waals surface area contributed by atoms with Crippen LogP contribution in [-0.2, 0) is 11.2 Å². The molecule has 0 heterocycles. The van der Waals surface area contributed by atoms with Gasteiger partial charge in [-0.3, -0.25) is 4.79 Å². The summed E-state index contributed by atoms with van der Waals surface area (Å²) >= 11 is 11.8. The van der Waals surface area contributed by atoms with E-state index in [4.69, 9.17) is 23.2 Å². The number of carbonyl (C=O) groups excluding carboxylic acids is 1. The minimum atomic E-state index is -0.697. The fourth-order valence-electron chi connectivity index (χ4n) is 2.06. The molecular formula is C16H13Cl2F2NO. The van der Waals surface area contributed by atoms with Crippen molar-refractivity contribution in [1.82, 2.24) is 5.32 Å². The maximum Gasteiger partial charge on any atom is 0.224 e. The van der Waals surface area contributed by atoms with Gasteiger partial charge in [-0.15, -0.1) is 0 Å². The van der Waals surface area contributed by atoms with Gasteiger partial charge in [-0.05, 0) is 30.7 Å². The highest BCUT2D eigenvalue weighted by Gasteiger charge is 2.15. The number of carbonyl (C=O) groups is 1. The monoisotopic (exact) mass is 343 g/mol. The summed E-state index contributed by atoms with van der Waals surface area (Å²) in [5.74, 6) is -1.68. The predicted octanol–water partition coefficient (Wildman–Crippen LogP) is 4.69. The van der Waals surface area contributed by atoms with Crippen LogP contribution in [0.1, 0.15) is 24.1 Å². The molecule has 2 nitrogen and oxygen atoms in total. The van der Waals surface area contributed by atoms with Crippen molar-refractivity contribution in [2.75, 3.05) is 0 Å². The highest BCUT2D eigenvalue weighted by Crippen LogP contribution is 2.22. The van der Waals surface area contributed by atoms with Crippen LogP contribution in [0.3, 0.4) is 0 Å². The van der Waals surface area contributed by atoms with Crippen LogP contribution in [-0.4, -0.2) is 5.91 Å². The Hall–Kier alpha value is -1.65. The molecule has 0 radical (unpaired) electrons. The second-order valence-electron chi connectivity index (χ2n) is 4.87. The predicted molar refractivity (Wildman–Crippen MR) is 83.1 cm³/mol. The molecule has 1 N–H and O–H groups in total. The SMILES string of the molecule is C[C@@H](NC(=O)Cc1ccc(Cl)cc1Cl)c1ccc(F)cc1F. The lowest BCUT2D eigenvalue weighted by Crippen LogP contribution is -2.28. The van der Waals surface area contributed by atoms with Gasteiger partial charge >= 0.3 is 0 Å². The largest absolute Gasteiger partial charge is 0.349 e. The van der Waals surface area contributed by atoms with Crippen LogP contribution in [0.5, 0.6) is 0 Å². The van der Waals surface area contributed by atoms with E-state index in [9.17, 15) is 13.6 Å².